The zero-order valence-corrected chi connectivity index (χ0v) is 16.1. The van der Waals surface area contributed by atoms with E-state index < -0.39 is 5.97 Å². The number of hydrogen-bond donors (Lipinski definition) is 1. The lowest BCUT2D eigenvalue weighted by Crippen LogP contribution is -2.47. The quantitative estimate of drug-likeness (QED) is 0.794. The second-order valence-corrected chi connectivity index (χ2v) is 7.07. The molecule has 6 heteroatoms. The molecule has 1 saturated heterocycles. The molecule has 1 aromatic rings. The fraction of sp³-hybridized carbons (Fsp3) is 0.476. The summed E-state index contributed by atoms with van der Waals surface area (Å²) in [5.41, 5.74) is 2.03. The molecule has 0 aromatic heterocycles. The molecule has 0 saturated carbocycles. The van der Waals surface area contributed by atoms with Crippen LogP contribution in [0, 0.1) is 5.92 Å². The molecule has 0 amide bonds. The Balaban J connectivity index is 1.61. The Bertz CT molecular complexity index is 711. The molecule has 1 aliphatic carbocycles. The average Bonchev–Trinajstić information content (AvgIpc) is 2.69. The highest BCUT2D eigenvalue weighted by atomic mass is 16.5. The average molecular weight is 372 g/mol. The lowest BCUT2D eigenvalue weighted by Gasteiger charge is -2.39. The predicted molar refractivity (Wildman–Crippen MR) is 105 cm³/mol. The van der Waals surface area contributed by atoms with E-state index in [9.17, 15) is 4.79 Å². The molecule has 6 nitrogen and oxygen atoms in total. The zero-order chi connectivity index (χ0) is 19.2. The Morgan fingerprint density at radius 2 is 1.96 bits per heavy atom. The van der Waals surface area contributed by atoms with Crippen molar-refractivity contribution in [2.75, 3.05) is 45.4 Å². The highest BCUT2D eigenvalue weighted by Crippen LogP contribution is 2.28. The minimum Gasteiger partial charge on any atom is -0.501 e. The van der Waals surface area contributed by atoms with Crippen LogP contribution < -0.4 is 9.64 Å². The molecule has 1 atom stereocenters. The third-order valence-electron chi connectivity index (χ3n) is 5.17. The smallest absolute Gasteiger partial charge is 0.307 e. The molecule has 0 unspecified atom stereocenters. The highest BCUT2D eigenvalue weighted by molar-refractivity contribution is 5.71. The van der Waals surface area contributed by atoms with Gasteiger partial charge in [0.15, 0.2) is 0 Å². The SMILES string of the molecule is COC1=CC(CC(=O)O)=CC[C@@H]1CN1CCCN(c2ccc(OC)cc2)C1. The number of benzene rings is 1. The maximum atomic E-state index is 10.9. The second-order valence-electron chi connectivity index (χ2n) is 7.07. The lowest BCUT2D eigenvalue weighted by molar-refractivity contribution is -0.136. The van der Waals surface area contributed by atoms with Crippen LogP contribution in [0.1, 0.15) is 19.3 Å². The fourth-order valence-electron chi connectivity index (χ4n) is 3.79. The summed E-state index contributed by atoms with van der Waals surface area (Å²) < 4.78 is 10.8. The summed E-state index contributed by atoms with van der Waals surface area (Å²) in [4.78, 5) is 15.8. The van der Waals surface area contributed by atoms with Gasteiger partial charge in [0.25, 0.3) is 0 Å². The van der Waals surface area contributed by atoms with Crippen molar-refractivity contribution in [2.24, 2.45) is 5.92 Å². The molecule has 0 bridgehead atoms. The number of rotatable bonds is 7. The monoisotopic (exact) mass is 372 g/mol. The first-order valence-electron chi connectivity index (χ1n) is 9.37. The van der Waals surface area contributed by atoms with Crippen LogP contribution in [0.15, 0.2) is 47.7 Å². The molecule has 0 spiro atoms. The summed E-state index contributed by atoms with van der Waals surface area (Å²) in [6.45, 7) is 3.89. The molecule has 3 rings (SSSR count). The van der Waals surface area contributed by atoms with Crippen LogP contribution in [0.3, 0.4) is 0 Å². The molecular weight excluding hydrogens is 344 g/mol. The van der Waals surface area contributed by atoms with Gasteiger partial charge in [-0.15, -0.1) is 0 Å². The van der Waals surface area contributed by atoms with Crippen LogP contribution in [0.4, 0.5) is 5.69 Å². The van der Waals surface area contributed by atoms with Crippen LogP contribution in [-0.4, -0.2) is 56.5 Å². The Kier molecular flexibility index (Phi) is 6.40. The predicted octanol–water partition coefficient (Wildman–Crippen LogP) is 3.12. The third-order valence-corrected chi connectivity index (χ3v) is 5.17. The molecular formula is C21H28N2O4. The first-order chi connectivity index (χ1) is 13.1. The third kappa shape index (κ3) is 5.04. The number of allylic oxidation sites excluding steroid dienone is 2. The van der Waals surface area contributed by atoms with Gasteiger partial charge >= 0.3 is 5.97 Å². The normalized spacial score (nSPS) is 20.7. The van der Waals surface area contributed by atoms with E-state index >= 15 is 0 Å². The lowest BCUT2D eigenvalue weighted by atomic mass is 9.92. The van der Waals surface area contributed by atoms with E-state index in [2.05, 4.69) is 21.9 Å². The minimum absolute atomic E-state index is 0.0501. The maximum absolute atomic E-state index is 10.9. The Labute approximate surface area is 160 Å². The molecule has 1 heterocycles. The number of aliphatic carboxylic acids is 1. The number of carboxylic acid groups (broad SMARTS) is 1. The van der Waals surface area contributed by atoms with Gasteiger partial charge in [-0.3, -0.25) is 9.69 Å². The van der Waals surface area contributed by atoms with Crippen molar-refractivity contribution in [3.8, 4) is 5.75 Å². The fourth-order valence-corrected chi connectivity index (χ4v) is 3.79. The second kappa shape index (κ2) is 8.95. The highest BCUT2D eigenvalue weighted by Gasteiger charge is 2.25. The summed E-state index contributed by atoms with van der Waals surface area (Å²) >= 11 is 0. The summed E-state index contributed by atoms with van der Waals surface area (Å²) in [5.74, 6) is 1.21. The van der Waals surface area contributed by atoms with Crippen molar-refractivity contribution in [2.45, 2.75) is 19.3 Å². The Morgan fingerprint density at radius 3 is 2.63 bits per heavy atom. The van der Waals surface area contributed by atoms with Gasteiger partial charge in [-0.05, 0) is 48.8 Å². The molecule has 1 aliphatic heterocycles. The number of hydrogen-bond acceptors (Lipinski definition) is 5. The zero-order valence-electron chi connectivity index (χ0n) is 16.1. The van der Waals surface area contributed by atoms with Crippen molar-refractivity contribution in [1.82, 2.24) is 4.90 Å². The van der Waals surface area contributed by atoms with Crippen molar-refractivity contribution in [3.05, 3.63) is 47.7 Å². The minimum atomic E-state index is -0.808. The summed E-state index contributed by atoms with van der Waals surface area (Å²) in [5, 5.41) is 8.99. The van der Waals surface area contributed by atoms with Gasteiger partial charge in [-0.1, -0.05) is 6.08 Å². The van der Waals surface area contributed by atoms with Crippen LogP contribution in [-0.2, 0) is 9.53 Å². The number of ether oxygens (including phenoxy) is 2. The summed E-state index contributed by atoms with van der Waals surface area (Å²) in [6, 6.07) is 8.20. The number of nitrogens with zero attached hydrogens (tertiary/aromatic N) is 2. The number of carbonyl (C=O) groups is 1. The largest absolute Gasteiger partial charge is 0.501 e. The van der Waals surface area contributed by atoms with E-state index in [1.165, 1.54) is 5.69 Å². The summed E-state index contributed by atoms with van der Waals surface area (Å²) in [7, 11) is 3.35. The molecule has 0 radical (unpaired) electrons. The van der Waals surface area contributed by atoms with Gasteiger partial charge in [0.1, 0.15) is 11.5 Å². The number of carboxylic acids is 1. The topological polar surface area (TPSA) is 62.2 Å². The van der Waals surface area contributed by atoms with E-state index in [0.29, 0.717) is 0 Å². The van der Waals surface area contributed by atoms with E-state index in [-0.39, 0.29) is 12.3 Å². The van der Waals surface area contributed by atoms with Crippen LogP contribution >= 0.6 is 0 Å². The van der Waals surface area contributed by atoms with E-state index in [4.69, 9.17) is 14.6 Å². The molecule has 146 valence electrons. The number of anilines is 1. The molecule has 2 aliphatic rings. The van der Waals surface area contributed by atoms with E-state index in [0.717, 1.165) is 56.2 Å². The van der Waals surface area contributed by atoms with Crippen LogP contribution in [0.2, 0.25) is 0 Å². The van der Waals surface area contributed by atoms with Gasteiger partial charge in [-0.25, -0.2) is 0 Å². The molecule has 1 aromatic carbocycles. The van der Waals surface area contributed by atoms with Crippen molar-refractivity contribution in [3.63, 3.8) is 0 Å². The van der Waals surface area contributed by atoms with Gasteiger partial charge in [-0.2, -0.15) is 0 Å². The van der Waals surface area contributed by atoms with Gasteiger partial charge < -0.3 is 19.5 Å². The maximum Gasteiger partial charge on any atom is 0.307 e. The van der Waals surface area contributed by atoms with Gasteiger partial charge in [0, 0.05) is 31.2 Å². The van der Waals surface area contributed by atoms with Crippen molar-refractivity contribution in [1.29, 1.82) is 0 Å². The molecule has 1 N–H and O–H groups in total. The van der Waals surface area contributed by atoms with Gasteiger partial charge in [0.05, 0.1) is 27.3 Å². The van der Waals surface area contributed by atoms with E-state index in [1.54, 1.807) is 14.2 Å². The Hall–Kier alpha value is -2.47. The molecule has 1 fully saturated rings. The standard InChI is InChI=1S/C21H28N2O4/c1-26-19-8-6-18(7-9-19)23-11-3-10-22(15-23)14-17-5-4-16(13-21(24)25)12-20(17)27-2/h4,6-9,12,17H,3,5,10-11,13-15H2,1-2H3,(H,24,25)/t17-/m1/s1. The first kappa shape index (κ1) is 19.3. The van der Waals surface area contributed by atoms with Crippen LogP contribution in [0.5, 0.6) is 5.75 Å². The van der Waals surface area contributed by atoms with Crippen molar-refractivity contribution >= 4 is 11.7 Å². The number of methoxy groups -OCH3 is 2. The summed E-state index contributed by atoms with van der Waals surface area (Å²) in [6.07, 6.45) is 5.92. The van der Waals surface area contributed by atoms with Gasteiger partial charge in [0.2, 0.25) is 0 Å². The first-order valence-corrected chi connectivity index (χ1v) is 9.37. The molecule has 27 heavy (non-hydrogen) atoms. The van der Waals surface area contributed by atoms with E-state index in [1.807, 2.05) is 24.3 Å². The van der Waals surface area contributed by atoms with Crippen LogP contribution in [0.25, 0.3) is 0 Å². The Morgan fingerprint density at radius 1 is 1.19 bits per heavy atom. The van der Waals surface area contributed by atoms with Crippen molar-refractivity contribution < 1.29 is 19.4 Å².